The van der Waals surface area contributed by atoms with Crippen LogP contribution in [0.2, 0.25) is 5.02 Å². The standard InChI is InChI=1S/C12H13BrClNO/c1-2-3-8-9-4-7(13)5-10(14)12(9)16-11(8)6-15/h4-5H,2-3,6,15H2,1H3. The number of fused-ring (bicyclic) bond motifs is 1. The maximum absolute atomic E-state index is 6.14. The summed E-state index contributed by atoms with van der Waals surface area (Å²) < 4.78 is 6.67. The topological polar surface area (TPSA) is 39.2 Å². The molecule has 2 aromatic rings. The maximum Gasteiger partial charge on any atom is 0.153 e. The number of benzene rings is 1. The van der Waals surface area contributed by atoms with Crippen molar-refractivity contribution in [2.45, 2.75) is 26.3 Å². The van der Waals surface area contributed by atoms with E-state index >= 15 is 0 Å². The number of furan rings is 1. The largest absolute Gasteiger partial charge is 0.458 e. The third kappa shape index (κ3) is 1.99. The molecule has 4 heteroatoms. The Hall–Kier alpha value is -0.510. The van der Waals surface area contributed by atoms with E-state index in [1.807, 2.05) is 12.1 Å². The van der Waals surface area contributed by atoms with E-state index in [1.54, 1.807) is 0 Å². The van der Waals surface area contributed by atoms with Crippen LogP contribution >= 0.6 is 27.5 Å². The second-order valence-electron chi connectivity index (χ2n) is 3.72. The molecule has 1 heterocycles. The molecular weight excluding hydrogens is 289 g/mol. The molecule has 0 aliphatic rings. The first-order valence-corrected chi connectivity index (χ1v) is 6.43. The molecule has 1 aromatic heterocycles. The van der Waals surface area contributed by atoms with Crippen LogP contribution in [-0.4, -0.2) is 0 Å². The lowest BCUT2D eigenvalue weighted by molar-refractivity contribution is 0.545. The Morgan fingerprint density at radius 1 is 1.44 bits per heavy atom. The number of hydrogen-bond donors (Lipinski definition) is 1. The normalized spacial score (nSPS) is 11.2. The van der Waals surface area contributed by atoms with Crippen molar-refractivity contribution in [1.82, 2.24) is 0 Å². The first-order chi connectivity index (χ1) is 7.67. The van der Waals surface area contributed by atoms with E-state index in [0.717, 1.165) is 34.0 Å². The van der Waals surface area contributed by atoms with Crippen LogP contribution in [0, 0.1) is 0 Å². The molecule has 0 amide bonds. The van der Waals surface area contributed by atoms with Gasteiger partial charge in [0.2, 0.25) is 0 Å². The lowest BCUT2D eigenvalue weighted by Gasteiger charge is -1.98. The van der Waals surface area contributed by atoms with Gasteiger partial charge in [0.05, 0.1) is 11.6 Å². The fourth-order valence-corrected chi connectivity index (χ4v) is 2.76. The predicted octanol–water partition coefficient (Wildman–Crippen LogP) is 4.26. The third-order valence-corrected chi connectivity index (χ3v) is 3.32. The molecule has 16 heavy (non-hydrogen) atoms. The van der Waals surface area contributed by atoms with E-state index in [1.165, 1.54) is 5.56 Å². The Labute approximate surface area is 108 Å². The van der Waals surface area contributed by atoms with Crippen LogP contribution < -0.4 is 5.73 Å². The highest BCUT2D eigenvalue weighted by Gasteiger charge is 2.15. The number of rotatable bonds is 3. The molecule has 0 aliphatic carbocycles. The van der Waals surface area contributed by atoms with Crippen LogP contribution in [0.15, 0.2) is 21.0 Å². The maximum atomic E-state index is 6.14. The van der Waals surface area contributed by atoms with Crippen LogP contribution in [0.3, 0.4) is 0 Å². The third-order valence-electron chi connectivity index (χ3n) is 2.58. The van der Waals surface area contributed by atoms with Crippen LogP contribution in [-0.2, 0) is 13.0 Å². The minimum absolute atomic E-state index is 0.415. The van der Waals surface area contributed by atoms with Gasteiger partial charge in [-0.25, -0.2) is 0 Å². The van der Waals surface area contributed by atoms with E-state index < -0.39 is 0 Å². The summed E-state index contributed by atoms with van der Waals surface area (Å²) >= 11 is 9.58. The molecule has 2 rings (SSSR count). The summed E-state index contributed by atoms with van der Waals surface area (Å²) in [4.78, 5) is 0. The first kappa shape index (κ1) is 12.0. The van der Waals surface area contributed by atoms with Crippen LogP contribution in [0.25, 0.3) is 11.0 Å². The van der Waals surface area contributed by atoms with E-state index in [-0.39, 0.29) is 0 Å². The van der Waals surface area contributed by atoms with Gasteiger partial charge in [-0.05, 0) is 18.6 Å². The fraction of sp³-hybridized carbons (Fsp3) is 0.333. The molecule has 86 valence electrons. The zero-order chi connectivity index (χ0) is 11.7. The van der Waals surface area contributed by atoms with Crippen molar-refractivity contribution in [2.24, 2.45) is 5.73 Å². The van der Waals surface area contributed by atoms with Gasteiger partial charge in [0.1, 0.15) is 5.76 Å². The molecule has 0 bridgehead atoms. The van der Waals surface area contributed by atoms with Gasteiger partial charge < -0.3 is 10.2 Å². The molecule has 0 spiro atoms. The minimum Gasteiger partial charge on any atom is -0.458 e. The van der Waals surface area contributed by atoms with Gasteiger partial charge >= 0.3 is 0 Å². The average Bonchev–Trinajstić information content (AvgIpc) is 2.58. The number of nitrogens with two attached hydrogens (primary N) is 1. The second kappa shape index (κ2) is 4.78. The molecule has 0 saturated heterocycles. The van der Waals surface area contributed by atoms with Crippen LogP contribution in [0.5, 0.6) is 0 Å². The zero-order valence-corrected chi connectivity index (χ0v) is 11.4. The summed E-state index contributed by atoms with van der Waals surface area (Å²) in [7, 11) is 0. The number of halogens is 2. The number of aryl methyl sites for hydroxylation is 1. The molecule has 0 saturated carbocycles. The predicted molar refractivity (Wildman–Crippen MR) is 70.8 cm³/mol. The fourth-order valence-electron chi connectivity index (χ4n) is 1.91. The molecule has 0 aliphatic heterocycles. The lowest BCUT2D eigenvalue weighted by Crippen LogP contribution is -1.98. The highest BCUT2D eigenvalue weighted by Crippen LogP contribution is 2.34. The summed E-state index contributed by atoms with van der Waals surface area (Å²) in [6, 6.07) is 3.87. The summed E-state index contributed by atoms with van der Waals surface area (Å²) in [5, 5.41) is 1.70. The van der Waals surface area contributed by atoms with Crippen LogP contribution in [0.4, 0.5) is 0 Å². The second-order valence-corrected chi connectivity index (χ2v) is 5.05. The van der Waals surface area contributed by atoms with Crippen molar-refractivity contribution >= 4 is 38.5 Å². The Balaban J connectivity index is 2.73. The Morgan fingerprint density at radius 3 is 2.81 bits per heavy atom. The average molecular weight is 303 g/mol. The van der Waals surface area contributed by atoms with Gasteiger partial charge in [0, 0.05) is 15.4 Å². The van der Waals surface area contributed by atoms with Crippen molar-refractivity contribution < 1.29 is 4.42 Å². The molecule has 0 atom stereocenters. The van der Waals surface area contributed by atoms with Gasteiger partial charge in [-0.15, -0.1) is 0 Å². The van der Waals surface area contributed by atoms with Gasteiger partial charge in [0.25, 0.3) is 0 Å². The van der Waals surface area contributed by atoms with E-state index in [0.29, 0.717) is 11.6 Å². The molecule has 1 aromatic carbocycles. The quantitative estimate of drug-likeness (QED) is 0.920. The lowest BCUT2D eigenvalue weighted by atomic mass is 10.1. The van der Waals surface area contributed by atoms with Gasteiger partial charge in [-0.2, -0.15) is 0 Å². The van der Waals surface area contributed by atoms with Crippen molar-refractivity contribution in [3.63, 3.8) is 0 Å². The Bertz CT molecular complexity index is 521. The minimum atomic E-state index is 0.415. The zero-order valence-electron chi connectivity index (χ0n) is 9.02. The highest BCUT2D eigenvalue weighted by atomic mass is 79.9. The molecular formula is C12H13BrClNO. The molecule has 0 radical (unpaired) electrons. The smallest absolute Gasteiger partial charge is 0.153 e. The molecule has 2 N–H and O–H groups in total. The van der Waals surface area contributed by atoms with Gasteiger partial charge in [-0.1, -0.05) is 40.9 Å². The Morgan fingerprint density at radius 2 is 2.19 bits per heavy atom. The summed E-state index contributed by atoms with van der Waals surface area (Å²) in [6.45, 7) is 2.55. The van der Waals surface area contributed by atoms with E-state index in [9.17, 15) is 0 Å². The van der Waals surface area contributed by atoms with Gasteiger partial charge in [0.15, 0.2) is 5.58 Å². The first-order valence-electron chi connectivity index (χ1n) is 5.26. The number of hydrogen-bond acceptors (Lipinski definition) is 2. The monoisotopic (exact) mass is 301 g/mol. The molecule has 0 unspecified atom stereocenters. The van der Waals surface area contributed by atoms with Crippen molar-refractivity contribution in [3.05, 3.63) is 33.0 Å². The van der Waals surface area contributed by atoms with E-state index in [4.69, 9.17) is 21.8 Å². The summed E-state index contributed by atoms with van der Waals surface area (Å²) in [6.07, 6.45) is 2.03. The van der Waals surface area contributed by atoms with E-state index in [2.05, 4.69) is 22.9 Å². The summed E-state index contributed by atoms with van der Waals surface area (Å²) in [5.74, 6) is 0.844. The molecule has 0 fully saturated rings. The van der Waals surface area contributed by atoms with Gasteiger partial charge in [-0.3, -0.25) is 0 Å². The Kier molecular flexibility index (Phi) is 3.57. The summed E-state index contributed by atoms with van der Waals surface area (Å²) in [5.41, 5.74) is 7.61. The highest BCUT2D eigenvalue weighted by molar-refractivity contribution is 9.10. The van der Waals surface area contributed by atoms with Crippen molar-refractivity contribution in [1.29, 1.82) is 0 Å². The van der Waals surface area contributed by atoms with Crippen molar-refractivity contribution in [3.8, 4) is 0 Å². The molecule has 2 nitrogen and oxygen atoms in total. The van der Waals surface area contributed by atoms with Crippen LogP contribution in [0.1, 0.15) is 24.7 Å². The SMILES string of the molecule is CCCc1c(CN)oc2c(Cl)cc(Br)cc12. The van der Waals surface area contributed by atoms with Crippen molar-refractivity contribution in [2.75, 3.05) is 0 Å².